The number of benzene rings is 2. The average Bonchev–Trinajstić information content (AvgIpc) is 2.83. The zero-order valence-electron chi connectivity index (χ0n) is 12.5. The number of aromatic hydroxyl groups is 1. The molecule has 116 valence electrons. The number of aliphatic hydroxyl groups is 1. The molecular weight excluding hydrogens is 290 g/mol. The van der Waals surface area contributed by atoms with Crippen LogP contribution in [0.5, 0.6) is 5.75 Å². The van der Waals surface area contributed by atoms with E-state index >= 15 is 0 Å². The van der Waals surface area contributed by atoms with Crippen molar-refractivity contribution in [1.82, 2.24) is 0 Å². The standard InChI is InChI=1S/C19H17NO3/c21-13-5-6-17-15(10-13)16(19(23)20-17)8-11-7-12-3-1-2-4-14(12)18(22)9-11/h1-6,8,10-11,18,21-22H,7,9H2,(H,20,23). The number of allylic oxidation sites excluding steroid dienone is 1. The molecule has 0 spiro atoms. The molecule has 0 aromatic heterocycles. The number of hydrogen-bond donors (Lipinski definition) is 3. The summed E-state index contributed by atoms with van der Waals surface area (Å²) in [5.41, 5.74) is 4.13. The second-order valence-electron chi connectivity index (χ2n) is 6.18. The van der Waals surface area contributed by atoms with E-state index in [9.17, 15) is 15.0 Å². The van der Waals surface area contributed by atoms with E-state index < -0.39 is 6.10 Å². The third-order valence-corrected chi connectivity index (χ3v) is 4.61. The summed E-state index contributed by atoms with van der Waals surface area (Å²) >= 11 is 0. The number of phenols is 1. The summed E-state index contributed by atoms with van der Waals surface area (Å²) in [7, 11) is 0. The number of amides is 1. The molecule has 0 saturated carbocycles. The molecule has 0 radical (unpaired) electrons. The molecular formula is C19H17NO3. The largest absolute Gasteiger partial charge is 0.508 e. The molecule has 4 heteroatoms. The zero-order chi connectivity index (χ0) is 16.0. The van der Waals surface area contributed by atoms with Crippen LogP contribution in [0.15, 0.2) is 48.5 Å². The first-order valence-electron chi connectivity index (χ1n) is 7.74. The molecule has 2 aliphatic rings. The van der Waals surface area contributed by atoms with Gasteiger partial charge in [0.25, 0.3) is 5.91 Å². The molecule has 1 aliphatic heterocycles. The van der Waals surface area contributed by atoms with Crippen LogP contribution in [0.25, 0.3) is 5.57 Å². The van der Waals surface area contributed by atoms with Crippen LogP contribution in [0.3, 0.4) is 0 Å². The number of phenolic OH excluding ortho intramolecular Hbond substituents is 1. The molecule has 2 unspecified atom stereocenters. The van der Waals surface area contributed by atoms with Crippen molar-refractivity contribution in [3.63, 3.8) is 0 Å². The predicted molar refractivity (Wildman–Crippen MR) is 87.9 cm³/mol. The molecule has 0 fully saturated rings. The molecule has 1 amide bonds. The van der Waals surface area contributed by atoms with Crippen LogP contribution in [-0.4, -0.2) is 16.1 Å². The Morgan fingerprint density at radius 3 is 2.87 bits per heavy atom. The van der Waals surface area contributed by atoms with Crippen LogP contribution in [0, 0.1) is 5.92 Å². The Hall–Kier alpha value is -2.59. The van der Waals surface area contributed by atoms with Gasteiger partial charge in [0.1, 0.15) is 5.75 Å². The minimum Gasteiger partial charge on any atom is -0.508 e. The van der Waals surface area contributed by atoms with E-state index in [4.69, 9.17) is 0 Å². The number of carbonyl (C=O) groups excluding carboxylic acids is 1. The first-order chi connectivity index (χ1) is 11.1. The summed E-state index contributed by atoms with van der Waals surface area (Å²) in [5.74, 6) is 0.0769. The average molecular weight is 307 g/mol. The lowest BCUT2D eigenvalue weighted by Gasteiger charge is -2.27. The van der Waals surface area contributed by atoms with Crippen LogP contribution in [0.4, 0.5) is 5.69 Å². The Kier molecular flexibility index (Phi) is 3.20. The number of aliphatic hydroxyl groups excluding tert-OH is 1. The molecule has 3 N–H and O–H groups in total. The number of anilines is 1. The van der Waals surface area contributed by atoms with Gasteiger partial charge in [0.05, 0.1) is 6.10 Å². The number of hydrogen-bond acceptors (Lipinski definition) is 3. The van der Waals surface area contributed by atoms with E-state index in [0.29, 0.717) is 12.0 Å². The minimum atomic E-state index is -0.505. The fourth-order valence-electron chi connectivity index (χ4n) is 3.53. The van der Waals surface area contributed by atoms with Gasteiger partial charge in [0.2, 0.25) is 0 Å². The van der Waals surface area contributed by atoms with Gasteiger partial charge >= 0.3 is 0 Å². The van der Waals surface area contributed by atoms with E-state index in [1.807, 2.05) is 30.3 Å². The quantitative estimate of drug-likeness (QED) is 0.560. The Bertz CT molecular complexity index is 825. The SMILES string of the molecule is O=C1Nc2ccc(O)cc2C1=CC1Cc2ccccc2C(O)C1. The monoisotopic (exact) mass is 307 g/mol. The highest BCUT2D eigenvalue weighted by molar-refractivity contribution is 6.31. The molecule has 4 rings (SSSR count). The summed E-state index contributed by atoms with van der Waals surface area (Å²) in [5, 5.41) is 22.8. The predicted octanol–water partition coefficient (Wildman–Crippen LogP) is 3.02. The normalized spacial score (nSPS) is 24.2. The third kappa shape index (κ3) is 2.41. The summed E-state index contributed by atoms with van der Waals surface area (Å²) in [4.78, 5) is 12.2. The van der Waals surface area contributed by atoms with Crippen molar-refractivity contribution < 1.29 is 15.0 Å². The minimum absolute atomic E-state index is 0.0916. The fourth-order valence-corrected chi connectivity index (χ4v) is 3.53. The van der Waals surface area contributed by atoms with Crippen molar-refractivity contribution in [3.05, 3.63) is 65.2 Å². The number of rotatable bonds is 1. The Labute approximate surface area is 134 Å². The van der Waals surface area contributed by atoms with Crippen LogP contribution >= 0.6 is 0 Å². The van der Waals surface area contributed by atoms with Crippen molar-refractivity contribution in [1.29, 1.82) is 0 Å². The maximum atomic E-state index is 12.2. The lowest BCUT2D eigenvalue weighted by atomic mass is 9.81. The van der Waals surface area contributed by atoms with Crippen molar-refractivity contribution in [2.24, 2.45) is 5.92 Å². The lowest BCUT2D eigenvalue weighted by molar-refractivity contribution is -0.110. The summed E-state index contributed by atoms with van der Waals surface area (Å²) in [6.45, 7) is 0. The van der Waals surface area contributed by atoms with Crippen LogP contribution < -0.4 is 5.32 Å². The van der Waals surface area contributed by atoms with Crippen LogP contribution in [0.1, 0.15) is 29.2 Å². The Balaban J connectivity index is 1.70. The number of carbonyl (C=O) groups is 1. The Morgan fingerprint density at radius 2 is 2.00 bits per heavy atom. The first kappa shape index (κ1) is 14.0. The highest BCUT2D eigenvalue weighted by Crippen LogP contribution is 2.39. The van der Waals surface area contributed by atoms with Crippen LogP contribution in [-0.2, 0) is 11.2 Å². The molecule has 2 aromatic rings. The van der Waals surface area contributed by atoms with Gasteiger partial charge in [-0.25, -0.2) is 0 Å². The summed E-state index contributed by atoms with van der Waals surface area (Å²) in [6.07, 6.45) is 2.83. The summed E-state index contributed by atoms with van der Waals surface area (Å²) in [6, 6.07) is 12.8. The number of nitrogens with one attached hydrogen (secondary N) is 1. The van der Waals surface area contributed by atoms with Gasteiger partial charge in [0.15, 0.2) is 0 Å². The van der Waals surface area contributed by atoms with Gasteiger partial charge in [-0.15, -0.1) is 0 Å². The van der Waals surface area contributed by atoms with Gasteiger partial charge in [-0.1, -0.05) is 30.3 Å². The first-order valence-corrected chi connectivity index (χ1v) is 7.74. The van der Waals surface area contributed by atoms with E-state index in [1.54, 1.807) is 18.2 Å². The highest BCUT2D eigenvalue weighted by atomic mass is 16.3. The topological polar surface area (TPSA) is 69.6 Å². The molecule has 1 heterocycles. The van der Waals surface area contributed by atoms with Gasteiger partial charge < -0.3 is 15.5 Å². The van der Waals surface area contributed by atoms with Gasteiger partial charge in [-0.05, 0) is 48.1 Å². The molecule has 0 bridgehead atoms. The Morgan fingerprint density at radius 1 is 1.17 bits per heavy atom. The maximum Gasteiger partial charge on any atom is 0.256 e. The molecule has 4 nitrogen and oxygen atoms in total. The van der Waals surface area contributed by atoms with E-state index in [1.165, 1.54) is 0 Å². The molecule has 2 atom stereocenters. The van der Waals surface area contributed by atoms with Crippen LogP contribution in [0.2, 0.25) is 0 Å². The van der Waals surface area contributed by atoms with E-state index in [2.05, 4.69) is 5.32 Å². The lowest BCUT2D eigenvalue weighted by Crippen LogP contribution is -2.18. The van der Waals surface area contributed by atoms with Gasteiger partial charge in [0, 0.05) is 16.8 Å². The smallest absolute Gasteiger partial charge is 0.256 e. The molecule has 2 aromatic carbocycles. The van der Waals surface area contributed by atoms with Crippen molar-refractivity contribution >= 4 is 17.2 Å². The van der Waals surface area contributed by atoms with Crippen molar-refractivity contribution in [2.75, 3.05) is 5.32 Å². The molecule has 1 aliphatic carbocycles. The molecule has 23 heavy (non-hydrogen) atoms. The summed E-state index contributed by atoms with van der Waals surface area (Å²) < 4.78 is 0. The van der Waals surface area contributed by atoms with Crippen molar-refractivity contribution in [2.45, 2.75) is 18.9 Å². The van der Waals surface area contributed by atoms with E-state index in [-0.39, 0.29) is 17.6 Å². The fraction of sp³-hybridized carbons (Fsp3) is 0.211. The van der Waals surface area contributed by atoms with E-state index in [0.717, 1.165) is 28.8 Å². The maximum absolute atomic E-state index is 12.2. The van der Waals surface area contributed by atoms with Crippen molar-refractivity contribution in [3.8, 4) is 5.75 Å². The van der Waals surface area contributed by atoms with Gasteiger partial charge in [-0.3, -0.25) is 4.79 Å². The number of fused-ring (bicyclic) bond motifs is 2. The highest BCUT2D eigenvalue weighted by Gasteiger charge is 2.29. The van der Waals surface area contributed by atoms with Gasteiger partial charge in [-0.2, -0.15) is 0 Å². The second kappa shape index (κ2) is 5.25. The third-order valence-electron chi connectivity index (χ3n) is 4.61. The zero-order valence-corrected chi connectivity index (χ0v) is 12.5. The second-order valence-corrected chi connectivity index (χ2v) is 6.18. The molecule has 0 saturated heterocycles.